The van der Waals surface area contributed by atoms with Crippen molar-refractivity contribution in [3.05, 3.63) is 192 Å². The summed E-state index contributed by atoms with van der Waals surface area (Å²) >= 11 is 0. The third kappa shape index (κ3) is 5.16. The number of para-hydroxylation sites is 2. The molecule has 0 spiro atoms. The Kier molecular flexibility index (Phi) is 7.81. The molecular weight excluding hydrogens is 725 g/mol. The number of rotatable bonds is 7. The lowest BCUT2D eigenvalue weighted by Crippen LogP contribution is -2.22. The Morgan fingerprint density at radius 1 is 0.746 bits per heavy atom. The van der Waals surface area contributed by atoms with Gasteiger partial charge in [-0.25, -0.2) is 9.38 Å². The Labute approximate surface area is 339 Å². The van der Waals surface area contributed by atoms with Crippen LogP contribution in [0.5, 0.6) is 0 Å². The van der Waals surface area contributed by atoms with Gasteiger partial charge in [-0.15, -0.1) is 0 Å². The Balaban J connectivity index is 1.04. The van der Waals surface area contributed by atoms with E-state index in [-0.39, 0.29) is 0 Å². The van der Waals surface area contributed by atoms with E-state index in [2.05, 4.69) is 155 Å². The molecule has 0 bridgehead atoms. The number of fused-ring (bicyclic) bond motifs is 10. The molecule has 282 valence electrons. The molecule has 1 aliphatic rings. The van der Waals surface area contributed by atoms with Crippen molar-refractivity contribution in [1.29, 1.82) is 0 Å². The molecule has 1 aliphatic carbocycles. The quantitative estimate of drug-likeness (QED) is 0.162. The van der Waals surface area contributed by atoms with Crippen LogP contribution in [-0.4, -0.2) is 18.5 Å². The minimum absolute atomic E-state index is 0.697. The normalized spacial score (nSPS) is 13.4. The average molecular weight is 763 g/mol. The molecule has 59 heavy (non-hydrogen) atoms. The van der Waals surface area contributed by atoms with Crippen LogP contribution in [0.3, 0.4) is 0 Å². The molecule has 0 amide bonds. The van der Waals surface area contributed by atoms with Gasteiger partial charge >= 0.3 is 0 Å². The predicted octanol–water partition coefficient (Wildman–Crippen LogP) is 12.3. The molecule has 5 heterocycles. The van der Waals surface area contributed by atoms with Gasteiger partial charge in [0.2, 0.25) is 11.5 Å². The summed E-state index contributed by atoms with van der Waals surface area (Å²) in [6, 6.07) is 40.5. The average Bonchev–Trinajstić information content (AvgIpc) is 4.02. The number of imidazole rings is 2. The number of aromatic nitrogens is 4. The van der Waals surface area contributed by atoms with E-state index in [0.717, 1.165) is 101 Å². The molecule has 0 unspecified atom stereocenters. The zero-order valence-corrected chi connectivity index (χ0v) is 32.5. The standard InChI is InChI=1S/C53H38N4O2/c1-5-16-40-33(4)51(58-48(40)7-3)39(6-2)34-23-27-38(28-24-34)55-45-21-13-9-12-19-41(45)43-31-35(25-29-46(43)55)36-26-30-47-44(32-36)54-53-56(37-17-10-8-11-18-37)50-42-20-14-15-22-49(42)59-52(50)57(47)53/h5-8,10-32H,2-4,9H2,1H3/b16-5-,51-39-. The Morgan fingerprint density at radius 2 is 1.49 bits per heavy atom. The van der Waals surface area contributed by atoms with Crippen molar-refractivity contribution in [2.75, 3.05) is 0 Å². The molecule has 6 heteroatoms. The summed E-state index contributed by atoms with van der Waals surface area (Å²) < 4.78 is 19.5. The Morgan fingerprint density at radius 3 is 2.29 bits per heavy atom. The summed E-state index contributed by atoms with van der Waals surface area (Å²) in [5, 5.41) is 3.06. The van der Waals surface area contributed by atoms with E-state index in [1.807, 2.05) is 43.4 Å². The third-order valence-electron chi connectivity index (χ3n) is 11.5. The smallest absolute Gasteiger partial charge is 0.232 e. The first-order chi connectivity index (χ1) is 29.1. The minimum Gasteiger partial charge on any atom is -0.455 e. The first-order valence-electron chi connectivity index (χ1n) is 19.8. The maximum absolute atomic E-state index is 6.54. The third-order valence-corrected chi connectivity index (χ3v) is 11.5. The van der Waals surface area contributed by atoms with Crippen LogP contribution >= 0.6 is 0 Å². The number of hydrogen-bond donors (Lipinski definition) is 0. The van der Waals surface area contributed by atoms with E-state index in [1.54, 1.807) is 6.08 Å². The van der Waals surface area contributed by atoms with Gasteiger partial charge in [0, 0.05) is 44.1 Å². The van der Waals surface area contributed by atoms with Gasteiger partial charge in [0.25, 0.3) is 0 Å². The highest BCUT2D eigenvalue weighted by Crippen LogP contribution is 2.39. The van der Waals surface area contributed by atoms with E-state index in [4.69, 9.17) is 13.8 Å². The van der Waals surface area contributed by atoms with Crippen molar-refractivity contribution in [1.82, 2.24) is 18.5 Å². The van der Waals surface area contributed by atoms with Crippen LogP contribution in [0.2, 0.25) is 0 Å². The number of hydrogen-bond acceptors (Lipinski definition) is 3. The maximum Gasteiger partial charge on any atom is 0.232 e. The molecule has 0 aliphatic heterocycles. The molecule has 6 nitrogen and oxygen atoms in total. The van der Waals surface area contributed by atoms with E-state index in [1.165, 1.54) is 10.9 Å². The van der Waals surface area contributed by atoms with Crippen molar-refractivity contribution < 1.29 is 8.83 Å². The molecule has 11 rings (SSSR count). The van der Waals surface area contributed by atoms with Crippen LogP contribution in [0.4, 0.5) is 0 Å². The number of nitrogens with zero attached hydrogens (tertiary/aromatic N) is 4. The lowest BCUT2D eigenvalue weighted by Gasteiger charge is -2.11. The monoisotopic (exact) mass is 762 g/mol. The molecule has 0 saturated carbocycles. The highest BCUT2D eigenvalue weighted by molar-refractivity contribution is 6.06. The first-order valence-corrected chi connectivity index (χ1v) is 19.8. The van der Waals surface area contributed by atoms with Gasteiger partial charge in [0.1, 0.15) is 22.3 Å². The van der Waals surface area contributed by atoms with Crippen LogP contribution in [0.1, 0.15) is 41.5 Å². The Bertz CT molecular complexity index is 3580. The second-order valence-electron chi connectivity index (χ2n) is 14.8. The summed E-state index contributed by atoms with van der Waals surface area (Å²) in [4.78, 5) is 5.27. The molecule has 0 radical (unpaired) electrons. The maximum atomic E-state index is 6.54. The molecule has 0 fully saturated rings. The molecule has 10 aromatic rings. The van der Waals surface area contributed by atoms with Gasteiger partial charge in [-0.1, -0.05) is 111 Å². The van der Waals surface area contributed by atoms with Crippen LogP contribution in [0.15, 0.2) is 162 Å². The molecule has 5 aromatic carbocycles. The van der Waals surface area contributed by atoms with Gasteiger partial charge < -0.3 is 13.4 Å². The summed E-state index contributed by atoms with van der Waals surface area (Å²) in [6.45, 7) is 14.4. The van der Waals surface area contributed by atoms with E-state index >= 15 is 0 Å². The van der Waals surface area contributed by atoms with Crippen LogP contribution in [0.25, 0.3) is 109 Å². The largest absolute Gasteiger partial charge is 0.455 e. The lowest BCUT2D eigenvalue weighted by atomic mass is 10.0. The number of benzene rings is 5. The lowest BCUT2D eigenvalue weighted by molar-refractivity contribution is 0.520. The van der Waals surface area contributed by atoms with Gasteiger partial charge in [-0.05, 0) is 103 Å². The predicted molar refractivity (Wildman–Crippen MR) is 245 cm³/mol. The molecule has 0 atom stereocenters. The van der Waals surface area contributed by atoms with E-state index < -0.39 is 0 Å². The second kappa shape index (κ2) is 13.4. The van der Waals surface area contributed by atoms with Crippen molar-refractivity contribution in [3.8, 4) is 22.5 Å². The van der Waals surface area contributed by atoms with Crippen LogP contribution in [0, 0.1) is 0 Å². The van der Waals surface area contributed by atoms with Crippen LogP contribution in [-0.2, 0) is 0 Å². The fourth-order valence-electron chi connectivity index (χ4n) is 8.83. The highest BCUT2D eigenvalue weighted by atomic mass is 16.3. The number of furan rings is 2. The summed E-state index contributed by atoms with van der Waals surface area (Å²) in [5.41, 5.74) is 15.8. The summed E-state index contributed by atoms with van der Waals surface area (Å²) in [6.07, 6.45) is 17.4. The minimum atomic E-state index is 0.697. The zero-order valence-electron chi connectivity index (χ0n) is 32.5. The van der Waals surface area contributed by atoms with Crippen molar-refractivity contribution >= 4 is 86.4 Å². The van der Waals surface area contributed by atoms with Gasteiger partial charge in [0.15, 0.2) is 0 Å². The second-order valence-corrected chi connectivity index (χ2v) is 14.8. The summed E-state index contributed by atoms with van der Waals surface area (Å²) in [5.74, 6) is 1.52. The summed E-state index contributed by atoms with van der Waals surface area (Å²) in [7, 11) is 0. The van der Waals surface area contributed by atoms with Gasteiger partial charge in [0.05, 0.1) is 22.2 Å². The zero-order chi connectivity index (χ0) is 39.8. The Hall–Kier alpha value is -7.83. The first kappa shape index (κ1) is 34.4. The van der Waals surface area contributed by atoms with Crippen molar-refractivity contribution in [3.63, 3.8) is 0 Å². The van der Waals surface area contributed by atoms with E-state index in [9.17, 15) is 0 Å². The van der Waals surface area contributed by atoms with Gasteiger partial charge in [-0.3, -0.25) is 4.57 Å². The molecular formula is C53H38N4O2. The van der Waals surface area contributed by atoms with Crippen molar-refractivity contribution in [2.45, 2.75) is 13.3 Å². The van der Waals surface area contributed by atoms with Crippen molar-refractivity contribution in [2.24, 2.45) is 0 Å². The van der Waals surface area contributed by atoms with Crippen LogP contribution < -0.4 is 10.6 Å². The topological polar surface area (TPSA) is 53.4 Å². The fourth-order valence-corrected chi connectivity index (χ4v) is 8.83. The van der Waals surface area contributed by atoms with Gasteiger partial charge in [-0.2, -0.15) is 0 Å². The van der Waals surface area contributed by atoms with E-state index in [0.29, 0.717) is 11.2 Å². The molecule has 5 aromatic heterocycles. The molecule has 0 saturated heterocycles. The fraction of sp³-hybridized carbons (Fsp3) is 0.0377. The SMILES string of the molecule is C=C/C(c1ccc(-n2c3c(c4cc(-c5ccc6c(c5)nc5n(-c7ccccc7)c7c8ccccc8oc7n65)ccc42)C=CCC=C3)cc1)=c1/oc(C=C)c(/C=C\C)c1=C. The molecule has 0 N–H and O–H groups in total. The number of allylic oxidation sites excluding steroid dienone is 4. The highest BCUT2D eigenvalue weighted by Gasteiger charge is 2.24.